The first-order valence-electron chi connectivity index (χ1n) is 5.49. The van der Waals surface area contributed by atoms with Gasteiger partial charge in [0.1, 0.15) is 0 Å². The summed E-state index contributed by atoms with van der Waals surface area (Å²) in [5.74, 6) is 0.120. The molecule has 0 aromatic heterocycles. The molecule has 0 aliphatic carbocycles. The average molecular weight is 248 g/mol. The van der Waals surface area contributed by atoms with Crippen molar-refractivity contribution >= 4 is 18.5 Å². The van der Waals surface area contributed by atoms with Gasteiger partial charge < -0.3 is 5.32 Å². The molecule has 1 atom stereocenters. The second kappa shape index (κ2) is 6.31. The fraction of sp³-hybridized carbons (Fsp3) is 0.385. The van der Waals surface area contributed by atoms with Crippen molar-refractivity contribution in [3.8, 4) is 6.07 Å². The van der Waals surface area contributed by atoms with Crippen LogP contribution in [0.1, 0.15) is 25.0 Å². The van der Waals surface area contributed by atoms with Gasteiger partial charge in [-0.05, 0) is 23.6 Å². The molecule has 90 valence electrons. The minimum atomic E-state index is -0.297. The Balaban J connectivity index is 2.56. The number of nitriles is 1. The van der Waals surface area contributed by atoms with Crippen molar-refractivity contribution in [3.05, 3.63) is 35.4 Å². The molecule has 0 bridgehead atoms. The van der Waals surface area contributed by atoms with Crippen LogP contribution in [-0.2, 0) is 11.3 Å². The number of thiol groups is 1. The summed E-state index contributed by atoms with van der Waals surface area (Å²) in [4.78, 5) is 11.7. The van der Waals surface area contributed by atoms with Gasteiger partial charge in [-0.2, -0.15) is 17.9 Å². The first-order chi connectivity index (χ1) is 8.04. The summed E-state index contributed by atoms with van der Waals surface area (Å²) in [6.07, 6.45) is 0. The summed E-state index contributed by atoms with van der Waals surface area (Å²) < 4.78 is 0. The van der Waals surface area contributed by atoms with Crippen LogP contribution in [-0.4, -0.2) is 11.2 Å². The highest BCUT2D eigenvalue weighted by molar-refractivity contribution is 7.81. The Labute approximate surface area is 107 Å². The molecule has 1 rings (SSSR count). The molecular weight excluding hydrogens is 232 g/mol. The lowest BCUT2D eigenvalue weighted by molar-refractivity contribution is -0.121. The molecule has 0 saturated carbocycles. The largest absolute Gasteiger partial charge is 0.351 e. The van der Waals surface area contributed by atoms with E-state index < -0.39 is 0 Å². The summed E-state index contributed by atoms with van der Waals surface area (Å²) >= 11 is 4.24. The van der Waals surface area contributed by atoms with Crippen molar-refractivity contribution in [2.45, 2.75) is 25.6 Å². The molecule has 0 heterocycles. The van der Waals surface area contributed by atoms with Crippen molar-refractivity contribution in [2.75, 3.05) is 0 Å². The number of benzene rings is 1. The number of hydrogen-bond acceptors (Lipinski definition) is 3. The minimum Gasteiger partial charge on any atom is -0.351 e. The normalized spacial score (nSPS) is 11.9. The Bertz CT molecular complexity index is 437. The van der Waals surface area contributed by atoms with Crippen LogP contribution in [0.5, 0.6) is 0 Å². The maximum absolute atomic E-state index is 11.7. The van der Waals surface area contributed by atoms with Crippen LogP contribution >= 0.6 is 12.6 Å². The zero-order chi connectivity index (χ0) is 12.8. The molecule has 0 saturated heterocycles. The fourth-order valence-corrected chi connectivity index (χ4v) is 1.44. The molecule has 3 nitrogen and oxygen atoms in total. The molecule has 4 heteroatoms. The Hall–Kier alpha value is -1.47. The number of nitrogens with one attached hydrogen (secondary N) is 1. The van der Waals surface area contributed by atoms with E-state index in [2.05, 4.69) is 24.0 Å². The van der Waals surface area contributed by atoms with Gasteiger partial charge in [0, 0.05) is 6.54 Å². The van der Waals surface area contributed by atoms with Gasteiger partial charge in [0.25, 0.3) is 0 Å². The number of nitrogens with zero attached hydrogens (tertiary/aromatic N) is 1. The lowest BCUT2D eigenvalue weighted by Crippen LogP contribution is -2.33. The van der Waals surface area contributed by atoms with Crippen LogP contribution < -0.4 is 5.32 Å². The van der Waals surface area contributed by atoms with Crippen molar-refractivity contribution in [3.63, 3.8) is 0 Å². The van der Waals surface area contributed by atoms with Crippen LogP contribution in [0.4, 0.5) is 0 Å². The van der Waals surface area contributed by atoms with Gasteiger partial charge in [0.2, 0.25) is 5.91 Å². The molecule has 0 aliphatic heterocycles. The maximum Gasteiger partial charge on any atom is 0.233 e. The third-order valence-electron chi connectivity index (χ3n) is 2.42. The number of carbonyl (C=O) groups excluding carboxylic acids is 1. The summed E-state index contributed by atoms with van der Waals surface area (Å²) in [5.41, 5.74) is 1.52. The van der Waals surface area contributed by atoms with Gasteiger partial charge in [0.15, 0.2) is 0 Å². The number of hydrogen-bond donors (Lipinski definition) is 2. The van der Waals surface area contributed by atoms with Gasteiger partial charge in [-0.15, -0.1) is 0 Å². The van der Waals surface area contributed by atoms with Crippen LogP contribution in [0, 0.1) is 17.2 Å². The van der Waals surface area contributed by atoms with Crippen molar-refractivity contribution < 1.29 is 4.79 Å². The van der Waals surface area contributed by atoms with Crippen LogP contribution in [0.25, 0.3) is 0 Å². The lowest BCUT2D eigenvalue weighted by atomic mass is 10.1. The first-order valence-corrected chi connectivity index (χ1v) is 6.01. The number of rotatable bonds is 4. The highest BCUT2D eigenvalue weighted by Gasteiger charge is 2.16. The topological polar surface area (TPSA) is 52.9 Å². The molecule has 1 amide bonds. The van der Waals surface area contributed by atoms with Crippen LogP contribution in [0.2, 0.25) is 0 Å². The monoisotopic (exact) mass is 248 g/mol. The van der Waals surface area contributed by atoms with Crippen molar-refractivity contribution in [1.29, 1.82) is 5.26 Å². The van der Waals surface area contributed by atoms with E-state index in [4.69, 9.17) is 5.26 Å². The minimum absolute atomic E-state index is 0.0781. The highest BCUT2D eigenvalue weighted by atomic mass is 32.1. The maximum atomic E-state index is 11.7. The molecule has 1 aromatic rings. The SMILES string of the molecule is CC(C)C(S)C(=O)NCc1cccc(C#N)c1. The van der Waals surface area contributed by atoms with E-state index in [1.54, 1.807) is 18.2 Å². The summed E-state index contributed by atoms with van der Waals surface area (Å²) in [6.45, 7) is 4.33. The van der Waals surface area contributed by atoms with E-state index in [0.717, 1.165) is 5.56 Å². The Morgan fingerprint density at radius 1 is 1.53 bits per heavy atom. The first kappa shape index (κ1) is 13.6. The molecule has 1 aromatic carbocycles. The number of carbonyl (C=O) groups is 1. The second-order valence-corrected chi connectivity index (χ2v) is 4.78. The van der Waals surface area contributed by atoms with E-state index in [-0.39, 0.29) is 17.1 Å². The molecule has 17 heavy (non-hydrogen) atoms. The van der Waals surface area contributed by atoms with E-state index in [1.165, 1.54) is 0 Å². The quantitative estimate of drug-likeness (QED) is 0.802. The predicted octanol–water partition coefficient (Wildman–Crippen LogP) is 2.13. The molecule has 0 radical (unpaired) electrons. The van der Waals surface area contributed by atoms with Gasteiger partial charge >= 0.3 is 0 Å². The smallest absolute Gasteiger partial charge is 0.233 e. The third kappa shape index (κ3) is 4.12. The summed E-state index contributed by atoms with van der Waals surface area (Å²) in [5, 5.41) is 11.3. The van der Waals surface area contributed by atoms with Crippen LogP contribution in [0.3, 0.4) is 0 Å². The second-order valence-electron chi connectivity index (χ2n) is 4.22. The zero-order valence-corrected chi connectivity index (χ0v) is 10.9. The van der Waals surface area contributed by atoms with Gasteiger partial charge in [0.05, 0.1) is 16.9 Å². The standard InChI is InChI=1S/C13H16N2OS/c1-9(2)12(17)13(16)15-8-11-5-3-4-10(6-11)7-14/h3-6,9,12,17H,8H2,1-2H3,(H,15,16). The summed E-state index contributed by atoms with van der Waals surface area (Å²) in [7, 11) is 0. The van der Waals surface area contributed by atoms with Gasteiger partial charge in [-0.1, -0.05) is 26.0 Å². The highest BCUT2D eigenvalue weighted by Crippen LogP contribution is 2.09. The molecule has 1 unspecified atom stereocenters. The Kier molecular flexibility index (Phi) is 5.05. The zero-order valence-electron chi connectivity index (χ0n) is 9.97. The van der Waals surface area contributed by atoms with Crippen molar-refractivity contribution in [1.82, 2.24) is 5.32 Å². The van der Waals surface area contributed by atoms with E-state index in [9.17, 15) is 4.79 Å². The lowest BCUT2D eigenvalue weighted by Gasteiger charge is -2.14. The van der Waals surface area contributed by atoms with Crippen LogP contribution in [0.15, 0.2) is 24.3 Å². The average Bonchev–Trinajstić information content (AvgIpc) is 2.35. The fourth-order valence-electron chi connectivity index (χ4n) is 1.35. The molecule has 1 N–H and O–H groups in total. The predicted molar refractivity (Wildman–Crippen MR) is 70.6 cm³/mol. The third-order valence-corrected chi connectivity index (χ3v) is 3.25. The van der Waals surface area contributed by atoms with E-state index in [1.807, 2.05) is 19.9 Å². The van der Waals surface area contributed by atoms with E-state index >= 15 is 0 Å². The molecule has 0 spiro atoms. The Morgan fingerprint density at radius 3 is 2.82 bits per heavy atom. The molecule has 0 fully saturated rings. The van der Waals surface area contributed by atoms with Gasteiger partial charge in [-0.3, -0.25) is 4.79 Å². The number of amides is 1. The van der Waals surface area contributed by atoms with Crippen molar-refractivity contribution in [2.24, 2.45) is 5.92 Å². The molecule has 0 aliphatic rings. The van der Waals surface area contributed by atoms with Gasteiger partial charge in [-0.25, -0.2) is 0 Å². The van der Waals surface area contributed by atoms with E-state index in [0.29, 0.717) is 12.1 Å². The molecular formula is C13H16N2OS. The summed E-state index contributed by atoms with van der Waals surface area (Å²) in [6, 6.07) is 9.26. The Morgan fingerprint density at radius 2 is 2.24 bits per heavy atom.